The van der Waals surface area contributed by atoms with Crippen molar-refractivity contribution < 1.29 is 9.59 Å². The van der Waals surface area contributed by atoms with Crippen LogP contribution in [0.15, 0.2) is 18.2 Å². The molecule has 6 nitrogen and oxygen atoms in total. The number of likely N-dealkylation sites (tertiary alicyclic amines) is 1. The molecule has 21 heavy (non-hydrogen) atoms. The van der Waals surface area contributed by atoms with Crippen LogP contribution in [0.5, 0.6) is 0 Å². The lowest BCUT2D eigenvalue weighted by Crippen LogP contribution is -2.42. The van der Waals surface area contributed by atoms with E-state index in [-0.39, 0.29) is 11.8 Å². The van der Waals surface area contributed by atoms with E-state index in [0.717, 1.165) is 23.3 Å². The van der Waals surface area contributed by atoms with E-state index in [1.807, 2.05) is 25.1 Å². The average Bonchev–Trinajstić information content (AvgIpc) is 3.02. The number of imidazole rings is 1. The van der Waals surface area contributed by atoms with Gasteiger partial charge in [0.1, 0.15) is 11.9 Å². The SMILES string of the molecule is Cc1nc2ccc(NC(=O)C(C)N3CCCC3=O)cc2[nH]1. The molecule has 6 heteroatoms. The van der Waals surface area contributed by atoms with Gasteiger partial charge in [-0.3, -0.25) is 9.59 Å². The highest BCUT2D eigenvalue weighted by molar-refractivity contribution is 5.98. The molecule has 1 aliphatic heterocycles. The average molecular weight is 286 g/mol. The summed E-state index contributed by atoms with van der Waals surface area (Å²) in [6.45, 7) is 4.31. The van der Waals surface area contributed by atoms with Crippen molar-refractivity contribution in [3.05, 3.63) is 24.0 Å². The molecular formula is C15H18N4O2. The van der Waals surface area contributed by atoms with Gasteiger partial charge in [0.2, 0.25) is 11.8 Å². The minimum Gasteiger partial charge on any atom is -0.342 e. The third kappa shape index (κ3) is 2.61. The number of H-pyrrole nitrogens is 1. The molecule has 1 unspecified atom stereocenters. The van der Waals surface area contributed by atoms with Gasteiger partial charge < -0.3 is 15.2 Å². The first kappa shape index (κ1) is 13.6. The van der Waals surface area contributed by atoms with Gasteiger partial charge in [0, 0.05) is 18.7 Å². The number of nitrogens with zero attached hydrogens (tertiary/aromatic N) is 2. The van der Waals surface area contributed by atoms with E-state index in [1.54, 1.807) is 11.8 Å². The highest BCUT2D eigenvalue weighted by Gasteiger charge is 2.29. The first-order valence-corrected chi connectivity index (χ1v) is 7.11. The summed E-state index contributed by atoms with van der Waals surface area (Å²) in [4.78, 5) is 33.0. The number of aromatic amines is 1. The molecule has 1 aliphatic rings. The van der Waals surface area contributed by atoms with Crippen molar-refractivity contribution >= 4 is 28.5 Å². The Morgan fingerprint density at radius 1 is 1.48 bits per heavy atom. The van der Waals surface area contributed by atoms with Crippen LogP contribution in [0.3, 0.4) is 0 Å². The van der Waals surface area contributed by atoms with Crippen LogP contribution < -0.4 is 5.32 Å². The Kier molecular flexibility index (Phi) is 3.37. The molecule has 1 fully saturated rings. The number of carbonyl (C=O) groups excluding carboxylic acids is 2. The molecule has 0 aliphatic carbocycles. The normalized spacial score (nSPS) is 16.5. The Labute approximate surface area is 122 Å². The Morgan fingerprint density at radius 2 is 2.29 bits per heavy atom. The number of rotatable bonds is 3. The number of hydrogen-bond donors (Lipinski definition) is 2. The van der Waals surface area contributed by atoms with Crippen LogP contribution in [-0.4, -0.2) is 39.3 Å². The molecule has 2 heterocycles. The molecule has 0 spiro atoms. The quantitative estimate of drug-likeness (QED) is 0.903. The summed E-state index contributed by atoms with van der Waals surface area (Å²) in [5.74, 6) is 0.725. The minimum atomic E-state index is -0.445. The number of fused-ring (bicyclic) bond motifs is 1. The smallest absolute Gasteiger partial charge is 0.246 e. The van der Waals surface area contributed by atoms with Crippen molar-refractivity contribution in [2.24, 2.45) is 0 Å². The van der Waals surface area contributed by atoms with Gasteiger partial charge in [0.25, 0.3) is 0 Å². The second kappa shape index (κ2) is 5.20. The van der Waals surface area contributed by atoms with Crippen LogP contribution in [0, 0.1) is 6.92 Å². The third-order valence-corrected chi connectivity index (χ3v) is 3.82. The van der Waals surface area contributed by atoms with Gasteiger partial charge in [-0.2, -0.15) is 0 Å². The van der Waals surface area contributed by atoms with Crippen LogP contribution in [-0.2, 0) is 9.59 Å². The van der Waals surface area contributed by atoms with E-state index < -0.39 is 6.04 Å². The molecule has 3 rings (SSSR count). The second-order valence-corrected chi connectivity index (χ2v) is 5.41. The van der Waals surface area contributed by atoms with Crippen LogP contribution in [0.25, 0.3) is 11.0 Å². The molecule has 1 aromatic carbocycles. The van der Waals surface area contributed by atoms with Gasteiger partial charge in [0.15, 0.2) is 0 Å². The van der Waals surface area contributed by atoms with Crippen LogP contribution in [0.1, 0.15) is 25.6 Å². The number of aryl methyl sites for hydroxylation is 1. The number of hydrogen-bond acceptors (Lipinski definition) is 3. The summed E-state index contributed by atoms with van der Waals surface area (Å²) in [6.07, 6.45) is 1.37. The lowest BCUT2D eigenvalue weighted by molar-refractivity contribution is -0.134. The molecule has 110 valence electrons. The first-order chi connectivity index (χ1) is 10.0. The lowest BCUT2D eigenvalue weighted by Gasteiger charge is -2.23. The maximum atomic E-state index is 12.3. The number of anilines is 1. The predicted molar refractivity (Wildman–Crippen MR) is 79.9 cm³/mol. The fraction of sp³-hybridized carbons (Fsp3) is 0.400. The van der Waals surface area contributed by atoms with Crippen molar-refractivity contribution in [1.29, 1.82) is 0 Å². The van der Waals surface area contributed by atoms with Crippen LogP contribution in [0.4, 0.5) is 5.69 Å². The number of aromatic nitrogens is 2. The Bertz CT molecular complexity index is 707. The Hall–Kier alpha value is -2.37. The van der Waals surface area contributed by atoms with Gasteiger partial charge in [-0.1, -0.05) is 0 Å². The van der Waals surface area contributed by atoms with E-state index in [9.17, 15) is 9.59 Å². The number of nitrogens with one attached hydrogen (secondary N) is 2. The molecular weight excluding hydrogens is 268 g/mol. The van der Waals surface area contributed by atoms with E-state index >= 15 is 0 Å². The predicted octanol–water partition coefficient (Wildman–Crippen LogP) is 1.82. The monoisotopic (exact) mass is 286 g/mol. The summed E-state index contributed by atoms with van der Waals surface area (Å²) in [6, 6.07) is 5.09. The van der Waals surface area contributed by atoms with Crippen molar-refractivity contribution in [3.8, 4) is 0 Å². The van der Waals surface area contributed by atoms with Gasteiger partial charge in [-0.15, -0.1) is 0 Å². The zero-order valence-electron chi connectivity index (χ0n) is 12.1. The van der Waals surface area contributed by atoms with Crippen molar-refractivity contribution in [1.82, 2.24) is 14.9 Å². The highest BCUT2D eigenvalue weighted by Crippen LogP contribution is 2.19. The molecule has 1 aromatic heterocycles. The fourth-order valence-electron chi connectivity index (χ4n) is 2.68. The maximum Gasteiger partial charge on any atom is 0.246 e. The van der Waals surface area contributed by atoms with Crippen LogP contribution in [0.2, 0.25) is 0 Å². The first-order valence-electron chi connectivity index (χ1n) is 7.11. The van der Waals surface area contributed by atoms with Crippen molar-refractivity contribution in [2.75, 3.05) is 11.9 Å². The number of amides is 2. The maximum absolute atomic E-state index is 12.3. The molecule has 2 aromatic rings. The zero-order valence-corrected chi connectivity index (χ0v) is 12.1. The number of benzene rings is 1. The minimum absolute atomic E-state index is 0.0531. The molecule has 0 radical (unpaired) electrons. The Morgan fingerprint density at radius 3 is 3.00 bits per heavy atom. The molecule has 1 saturated heterocycles. The number of carbonyl (C=O) groups is 2. The second-order valence-electron chi connectivity index (χ2n) is 5.41. The van der Waals surface area contributed by atoms with Gasteiger partial charge in [-0.25, -0.2) is 4.98 Å². The standard InChI is InChI=1S/C15H18N4O2/c1-9(19-7-3-4-14(19)20)15(21)18-11-5-6-12-13(8-11)17-10(2)16-12/h5-6,8-9H,3-4,7H2,1-2H3,(H,16,17)(H,18,21). The fourth-order valence-corrected chi connectivity index (χ4v) is 2.68. The van der Waals surface area contributed by atoms with E-state index in [2.05, 4.69) is 15.3 Å². The molecule has 2 N–H and O–H groups in total. The van der Waals surface area contributed by atoms with Crippen molar-refractivity contribution in [3.63, 3.8) is 0 Å². The van der Waals surface area contributed by atoms with Crippen LogP contribution >= 0.6 is 0 Å². The summed E-state index contributed by atoms with van der Waals surface area (Å²) >= 11 is 0. The van der Waals surface area contributed by atoms with Gasteiger partial charge >= 0.3 is 0 Å². The summed E-state index contributed by atoms with van der Waals surface area (Å²) in [5.41, 5.74) is 2.46. The molecule has 1 atom stereocenters. The largest absolute Gasteiger partial charge is 0.342 e. The lowest BCUT2D eigenvalue weighted by atomic mass is 10.2. The molecule has 0 bridgehead atoms. The third-order valence-electron chi connectivity index (χ3n) is 3.82. The highest BCUT2D eigenvalue weighted by atomic mass is 16.2. The van der Waals surface area contributed by atoms with Gasteiger partial charge in [0.05, 0.1) is 11.0 Å². The summed E-state index contributed by atoms with van der Waals surface area (Å²) in [5, 5.41) is 2.86. The molecule has 2 amide bonds. The zero-order chi connectivity index (χ0) is 15.0. The summed E-state index contributed by atoms with van der Waals surface area (Å²) < 4.78 is 0. The molecule has 0 saturated carbocycles. The van der Waals surface area contributed by atoms with E-state index in [1.165, 1.54) is 0 Å². The topological polar surface area (TPSA) is 78.1 Å². The van der Waals surface area contributed by atoms with Gasteiger partial charge in [-0.05, 0) is 38.5 Å². The van der Waals surface area contributed by atoms with E-state index in [0.29, 0.717) is 18.7 Å². The van der Waals surface area contributed by atoms with E-state index in [4.69, 9.17) is 0 Å². The van der Waals surface area contributed by atoms with Crippen molar-refractivity contribution in [2.45, 2.75) is 32.7 Å². The Balaban J connectivity index is 1.74. The summed E-state index contributed by atoms with van der Waals surface area (Å²) in [7, 11) is 0.